The van der Waals surface area contributed by atoms with Gasteiger partial charge in [0, 0.05) is 26.2 Å². The van der Waals surface area contributed by atoms with E-state index in [1.165, 1.54) is 160 Å². The van der Waals surface area contributed by atoms with Crippen LogP contribution in [0.25, 0.3) is 0 Å². The molecular weight excluding hydrogens is 516 g/mol. The molecule has 0 atom stereocenters. The first-order valence-corrected chi connectivity index (χ1v) is 18.5. The molecule has 1 aliphatic heterocycles. The second-order valence-electron chi connectivity index (χ2n) is 13.1. The van der Waals surface area contributed by atoms with Gasteiger partial charge in [0.2, 0.25) is 0 Å². The highest BCUT2D eigenvalue weighted by Crippen LogP contribution is 2.30. The maximum Gasteiger partial charge on any atom is 0.161 e. The second-order valence-corrected chi connectivity index (χ2v) is 13.1. The predicted molar refractivity (Wildman–Crippen MR) is 183 cm³/mol. The van der Waals surface area contributed by atoms with Crippen molar-refractivity contribution >= 4 is 0 Å². The Balaban J connectivity index is 1.69. The minimum atomic E-state index is 0.799. The molecule has 0 amide bonds. The molecule has 1 aromatic carbocycles. The summed E-state index contributed by atoms with van der Waals surface area (Å²) >= 11 is 0. The average molecular weight is 587 g/mol. The average Bonchev–Trinajstić information content (AvgIpc) is 3.00. The van der Waals surface area contributed by atoms with Gasteiger partial charge in [0.1, 0.15) is 0 Å². The molecule has 0 N–H and O–H groups in total. The van der Waals surface area contributed by atoms with Gasteiger partial charge in [-0.2, -0.15) is 0 Å². The Bertz CT molecular complexity index is 732. The topological polar surface area (TPSA) is 24.9 Å². The number of likely N-dealkylation sites (N-methyl/N-ethyl adjacent to an activating group) is 1. The van der Waals surface area contributed by atoms with E-state index in [-0.39, 0.29) is 0 Å². The lowest BCUT2D eigenvalue weighted by molar-refractivity contribution is 0.153. The maximum absolute atomic E-state index is 6.37. The molecule has 0 radical (unpaired) electrons. The third-order valence-corrected chi connectivity index (χ3v) is 9.05. The van der Waals surface area contributed by atoms with E-state index < -0.39 is 0 Å². The van der Waals surface area contributed by atoms with Crippen LogP contribution in [0.5, 0.6) is 11.5 Å². The van der Waals surface area contributed by atoms with E-state index in [2.05, 4.69) is 48.9 Å². The zero-order valence-electron chi connectivity index (χ0n) is 28.4. The van der Waals surface area contributed by atoms with Crippen LogP contribution >= 0.6 is 0 Å². The highest BCUT2D eigenvalue weighted by atomic mass is 16.5. The van der Waals surface area contributed by atoms with Crippen molar-refractivity contribution in [3.8, 4) is 11.5 Å². The Labute approximate surface area is 262 Å². The van der Waals surface area contributed by atoms with Gasteiger partial charge in [-0.3, -0.25) is 0 Å². The van der Waals surface area contributed by atoms with Crippen LogP contribution in [-0.2, 0) is 6.42 Å². The van der Waals surface area contributed by atoms with E-state index in [4.69, 9.17) is 9.47 Å². The normalized spacial score (nSPS) is 14.5. The molecule has 1 aliphatic rings. The number of aryl methyl sites for hydroxylation is 1. The quantitative estimate of drug-likeness (QED) is 0.0912. The zero-order valence-corrected chi connectivity index (χ0v) is 28.4. The van der Waals surface area contributed by atoms with Gasteiger partial charge in [-0.15, -0.1) is 0 Å². The monoisotopic (exact) mass is 587 g/mol. The van der Waals surface area contributed by atoms with E-state index in [1.54, 1.807) is 0 Å². The van der Waals surface area contributed by atoms with Crippen molar-refractivity contribution in [1.82, 2.24) is 9.80 Å². The third kappa shape index (κ3) is 19.1. The summed E-state index contributed by atoms with van der Waals surface area (Å²) in [5.74, 6) is 1.91. The van der Waals surface area contributed by atoms with E-state index in [0.717, 1.165) is 44.0 Å². The number of hydrogen-bond donors (Lipinski definition) is 0. The lowest BCUT2D eigenvalue weighted by Crippen LogP contribution is -2.44. The summed E-state index contributed by atoms with van der Waals surface area (Å²) in [6.07, 6.45) is 29.4. The smallest absolute Gasteiger partial charge is 0.161 e. The van der Waals surface area contributed by atoms with Crippen LogP contribution in [0.15, 0.2) is 18.2 Å². The summed E-state index contributed by atoms with van der Waals surface area (Å²) < 4.78 is 12.7. The second kappa shape index (κ2) is 26.2. The Morgan fingerprint density at radius 1 is 0.524 bits per heavy atom. The van der Waals surface area contributed by atoms with Crippen LogP contribution in [0.1, 0.15) is 154 Å². The van der Waals surface area contributed by atoms with Gasteiger partial charge in [-0.1, -0.05) is 135 Å². The number of ether oxygens (including phenoxy) is 2. The number of hydrogen-bond acceptors (Lipinski definition) is 4. The molecule has 1 aromatic rings. The molecule has 244 valence electrons. The maximum atomic E-state index is 6.37. The lowest BCUT2D eigenvalue weighted by Gasteiger charge is -2.32. The van der Waals surface area contributed by atoms with Crippen molar-refractivity contribution in [3.63, 3.8) is 0 Å². The molecule has 42 heavy (non-hydrogen) atoms. The van der Waals surface area contributed by atoms with Crippen molar-refractivity contribution in [2.24, 2.45) is 0 Å². The van der Waals surface area contributed by atoms with E-state index in [9.17, 15) is 0 Å². The molecule has 1 fully saturated rings. The first-order chi connectivity index (χ1) is 20.7. The summed E-state index contributed by atoms with van der Waals surface area (Å²) in [5.41, 5.74) is 1.38. The minimum absolute atomic E-state index is 0.799. The van der Waals surface area contributed by atoms with Gasteiger partial charge < -0.3 is 19.3 Å². The number of rotatable bonds is 28. The standard InChI is InChI=1S/C38H70N2O2/c1-4-6-8-10-12-14-16-18-20-22-33-41-37-27-26-36(25-24-28-40-31-29-39(3)30-32-40)35-38(37)42-34-23-21-19-17-15-13-11-9-7-5-2/h26-27,35H,4-25,28-34H2,1-3H3. The molecule has 1 heterocycles. The Kier molecular flexibility index (Phi) is 23.0. The minimum Gasteiger partial charge on any atom is -0.490 e. The van der Waals surface area contributed by atoms with Crippen LogP contribution in [0.4, 0.5) is 0 Å². The zero-order chi connectivity index (χ0) is 29.9. The molecule has 0 saturated carbocycles. The largest absolute Gasteiger partial charge is 0.490 e. The van der Waals surface area contributed by atoms with E-state index in [1.807, 2.05) is 0 Å². The molecule has 2 rings (SSSR count). The summed E-state index contributed by atoms with van der Waals surface area (Å²) in [4.78, 5) is 5.05. The van der Waals surface area contributed by atoms with E-state index >= 15 is 0 Å². The molecule has 0 bridgehead atoms. The highest BCUT2D eigenvalue weighted by molar-refractivity contribution is 5.43. The molecule has 0 aromatic heterocycles. The first kappa shape index (κ1) is 36.9. The van der Waals surface area contributed by atoms with Crippen LogP contribution in [0.3, 0.4) is 0 Å². The molecule has 0 spiro atoms. The van der Waals surface area contributed by atoms with Crippen molar-refractivity contribution < 1.29 is 9.47 Å². The number of unbranched alkanes of at least 4 members (excludes halogenated alkanes) is 18. The predicted octanol–water partition coefficient (Wildman–Crippen LogP) is 10.5. The molecule has 1 saturated heterocycles. The van der Waals surface area contributed by atoms with Crippen LogP contribution in [0.2, 0.25) is 0 Å². The Hall–Kier alpha value is -1.26. The summed E-state index contributed by atoms with van der Waals surface area (Å²) in [6.45, 7) is 12.2. The summed E-state index contributed by atoms with van der Waals surface area (Å²) in [6, 6.07) is 6.72. The fourth-order valence-corrected chi connectivity index (χ4v) is 6.06. The van der Waals surface area contributed by atoms with Gasteiger partial charge in [0.15, 0.2) is 11.5 Å². The van der Waals surface area contributed by atoms with Crippen molar-refractivity contribution in [3.05, 3.63) is 23.8 Å². The molecule has 4 heteroatoms. The number of benzene rings is 1. The Morgan fingerprint density at radius 2 is 0.976 bits per heavy atom. The first-order valence-electron chi connectivity index (χ1n) is 18.5. The highest BCUT2D eigenvalue weighted by Gasteiger charge is 2.13. The van der Waals surface area contributed by atoms with Crippen LogP contribution < -0.4 is 9.47 Å². The van der Waals surface area contributed by atoms with E-state index in [0.29, 0.717) is 0 Å². The van der Waals surface area contributed by atoms with Crippen LogP contribution in [0, 0.1) is 0 Å². The van der Waals surface area contributed by atoms with Crippen molar-refractivity contribution in [2.75, 3.05) is 53.0 Å². The molecule has 0 unspecified atom stereocenters. The summed E-state index contributed by atoms with van der Waals surface area (Å²) in [5, 5.41) is 0. The molecule has 4 nitrogen and oxygen atoms in total. The van der Waals surface area contributed by atoms with Gasteiger partial charge in [-0.05, 0) is 57.0 Å². The summed E-state index contributed by atoms with van der Waals surface area (Å²) in [7, 11) is 2.23. The fourth-order valence-electron chi connectivity index (χ4n) is 6.06. The number of nitrogens with zero attached hydrogens (tertiary/aromatic N) is 2. The van der Waals surface area contributed by atoms with Crippen molar-refractivity contribution in [1.29, 1.82) is 0 Å². The van der Waals surface area contributed by atoms with Gasteiger partial charge in [0.25, 0.3) is 0 Å². The van der Waals surface area contributed by atoms with Crippen LogP contribution in [-0.4, -0.2) is 62.8 Å². The van der Waals surface area contributed by atoms with Gasteiger partial charge in [0.05, 0.1) is 13.2 Å². The molecule has 0 aliphatic carbocycles. The SMILES string of the molecule is CCCCCCCCCCCCOc1ccc(CCCN2CCN(C)CC2)cc1OCCCCCCCCCCCC. The third-order valence-electron chi connectivity index (χ3n) is 9.05. The fraction of sp³-hybridized carbons (Fsp3) is 0.842. The Morgan fingerprint density at radius 3 is 1.48 bits per heavy atom. The number of piperazine rings is 1. The van der Waals surface area contributed by atoms with Gasteiger partial charge in [-0.25, -0.2) is 0 Å². The van der Waals surface area contributed by atoms with Gasteiger partial charge >= 0.3 is 0 Å². The lowest BCUT2D eigenvalue weighted by atomic mass is 10.1. The molecular formula is C38H70N2O2. The van der Waals surface area contributed by atoms with Crippen molar-refractivity contribution in [2.45, 2.75) is 155 Å².